The van der Waals surface area contributed by atoms with Crippen LogP contribution in [0.1, 0.15) is 27.7 Å². The van der Waals surface area contributed by atoms with E-state index >= 15 is 0 Å². The lowest BCUT2D eigenvalue weighted by Gasteiger charge is -2.27. The van der Waals surface area contributed by atoms with Crippen LogP contribution in [0.3, 0.4) is 0 Å². The van der Waals surface area contributed by atoms with Crippen molar-refractivity contribution in [3.63, 3.8) is 0 Å². The van der Waals surface area contributed by atoms with E-state index in [1.54, 1.807) is 0 Å². The molecule has 0 aliphatic rings. The van der Waals surface area contributed by atoms with Crippen molar-refractivity contribution in [3.8, 4) is 0 Å². The molecule has 0 bridgehead atoms. The third kappa shape index (κ3) is 4.09. The topological polar surface area (TPSA) is 40.5 Å². The molecule has 0 aromatic heterocycles. The molecule has 0 unspecified atom stereocenters. The molecule has 1 amide bonds. The van der Waals surface area contributed by atoms with Crippen molar-refractivity contribution in [2.24, 2.45) is 0 Å². The fourth-order valence-electron chi connectivity index (χ4n) is 1.04. The number of carbonyl (C=O) groups is 1. The van der Waals surface area contributed by atoms with Crippen molar-refractivity contribution in [1.29, 1.82) is 0 Å². The fourth-order valence-corrected chi connectivity index (χ4v) is 1.04. The summed E-state index contributed by atoms with van der Waals surface area (Å²) in [6.45, 7) is 7.48. The van der Waals surface area contributed by atoms with Crippen LogP contribution in [0.15, 0.2) is 0 Å². The summed E-state index contributed by atoms with van der Waals surface area (Å²) < 4.78 is 0. The van der Waals surface area contributed by atoms with Gasteiger partial charge in [0, 0.05) is 12.1 Å². The second-order valence-electron chi connectivity index (χ2n) is 2.88. The summed E-state index contributed by atoms with van der Waals surface area (Å²) in [7, 11) is 0. The lowest BCUT2D eigenvalue weighted by atomic mass is 10.2. The van der Waals surface area contributed by atoms with Crippen molar-refractivity contribution < 1.29 is 9.90 Å². The monoisotopic (exact) mass is 181 g/mol. The quantitative estimate of drug-likeness (QED) is 0.710. The first kappa shape index (κ1) is 13.2. The molecule has 0 aliphatic heterocycles. The second kappa shape index (κ2) is 5.24. The highest BCUT2D eigenvalue weighted by Crippen LogP contribution is 2.03. The Balaban J connectivity index is 0. The van der Waals surface area contributed by atoms with Gasteiger partial charge in [-0.1, -0.05) is 0 Å². The van der Waals surface area contributed by atoms with Crippen LogP contribution >= 0.6 is 12.4 Å². The summed E-state index contributed by atoms with van der Waals surface area (Å²) in [5.41, 5.74) is 0. The average Bonchev–Trinajstić information content (AvgIpc) is 1.59. The summed E-state index contributed by atoms with van der Waals surface area (Å²) in [6.07, 6.45) is -0.843. The van der Waals surface area contributed by atoms with Crippen LogP contribution in [0.5, 0.6) is 0 Å². The van der Waals surface area contributed by atoms with Crippen LogP contribution in [0.2, 0.25) is 0 Å². The molecular weight excluding hydrogens is 166 g/mol. The second-order valence-corrected chi connectivity index (χ2v) is 2.88. The molecule has 3 nitrogen and oxygen atoms in total. The summed E-state index contributed by atoms with van der Waals surface area (Å²) in [6, 6.07) is 0.134. The number of hydrogen-bond acceptors (Lipinski definition) is 1. The Hall–Kier alpha value is -0.440. The normalized spacial score (nSPS) is 9.64. The van der Waals surface area contributed by atoms with E-state index in [4.69, 9.17) is 5.11 Å². The number of nitrogens with zero attached hydrogens (tertiary/aromatic N) is 1. The zero-order valence-electron chi connectivity index (χ0n) is 7.37. The first-order valence-corrected chi connectivity index (χ1v) is 3.48. The van der Waals surface area contributed by atoms with Crippen molar-refractivity contribution in [2.75, 3.05) is 0 Å². The summed E-state index contributed by atoms with van der Waals surface area (Å²) in [5.74, 6) is 0. The van der Waals surface area contributed by atoms with Gasteiger partial charge in [0.05, 0.1) is 0 Å². The Morgan fingerprint density at radius 3 is 1.45 bits per heavy atom. The Kier molecular flexibility index (Phi) is 6.28. The molecule has 0 aromatic carbocycles. The number of carboxylic acid groups (broad SMARTS) is 1. The Morgan fingerprint density at radius 2 is 1.45 bits per heavy atom. The predicted octanol–water partition coefficient (Wildman–Crippen LogP) is 2.21. The third-order valence-corrected chi connectivity index (χ3v) is 1.33. The average molecular weight is 182 g/mol. The van der Waals surface area contributed by atoms with Gasteiger partial charge in [-0.2, -0.15) is 0 Å². The van der Waals surface area contributed by atoms with E-state index in [9.17, 15) is 4.79 Å². The van der Waals surface area contributed by atoms with Gasteiger partial charge < -0.3 is 10.0 Å². The zero-order valence-corrected chi connectivity index (χ0v) is 8.18. The summed E-state index contributed by atoms with van der Waals surface area (Å²) in [5, 5.41) is 8.64. The molecule has 0 radical (unpaired) electrons. The first-order chi connectivity index (χ1) is 4.46. The van der Waals surface area contributed by atoms with Gasteiger partial charge >= 0.3 is 6.09 Å². The summed E-state index contributed by atoms with van der Waals surface area (Å²) >= 11 is 0. The maximum absolute atomic E-state index is 10.5. The van der Waals surface area contributed by atoms with Gasteiger partial charge in [-0.05, 0) is 27.7 Å². The molecule has 4 heteroatoms. The third-order valence-electron chi connectivity index (χ3n) is 1.33. The lowest BCUT2D eigenvalue weighted by molar-refractivity contribution is 0.116. The van der Waals surface area contributed by atoms with Crippen LogP contribution in [-0.4, -0.2) is 28.2 Å². The van der Waals surface area contributed by atoms with Gasteiger partial charge in [0.1, 0.15) is 0 Å². The molecular formula is C7H16ClNO2. The minimum absolute atomic E-state index is 0. The highest BCUT2D eigenvalue weighted by atomic mass is 35.5. The number of amides is 1. The molecule has 0 spiro atoms. The van der Waals surface area contributed by atoms with Gasteiger partial charge in [0.2, 0.25) is 0 Å². The molecule has 11 heavy (non-hydrogen) atoms. The van der Waals surface area contributed by atoms with E-state index in [0.717, 1.165) is 0 Å². The molecule has 1 N–H and O–H groups in total. The highest BCUT2D eigenvalue weighted by Gasteiger charge is 2.17. The van der Waals surface area contributed by atoms with Gasteiger partial charge in [-0.25, -0.2) is 4.79 Å². The molecule has 0 heterocycles. The number of hydrogen-bond donors (Lipinski definition) is 1. The van der Waals surface area contributed by atoms with Gasteiger partial charge in [0.15, 0.2) is 0 Å². The minimum atomic E-state index is -0.843. The molecule has 0 saturated heterocycles. The first-order valence-electron chi connectivity index (χ1n) is 3.48. The Bertz CT molecular complexity index is 118. The van der Waals surface area contributed by atoms with E-state index in [2.05, 4.69) is 0 Å². The molecule has 0 rings (SSSR count). The number of halogens is 1. The van der Waals surface area contributed by atoms with E-state index in [1.165, 1.54) is 4.90 Å². The van der Waals surface area contributed by atoms with Crippen LogP contribution in [0, 0.1) is 0 Å². The number of rotatable bonds is 2. The van der Waals surface area contributed by atoms with Gasteiger partial charge in [-0.15, -0.1) is 12.4 Å². The lowest BCUT2D eigenvalue weighted by Crippen LogP contribution is -2.40. The SMILES string of the molecule is CC(C)N(C(=O)O)C(C)C.Cl. The van der Waals surface area contributed by atoms with E-state index in [0.29, 0.717) is 0 Å². The van der Waals surface area contributed by atoms with Crippen molar-refractivity contribution in [2.45, 2.75) is 39.8 Å². The maximum Gasteiger partial charge on any atom is 0.407 e. The van der Waals surface area contributed by atoms with Crippen LogP contribution in [-0.2, 0) is 0 Å². The smallest absolute Gasteiger partial charge is 0.407 e. The van der Waals surface area contributed by atoms with E-state index < -0.39 is 6.09 Å². The highest BCUT2D eigenvalue weighted by molar-refractivity contribution is 5.85. The molecule has 0 saturated carbocycles. The maximum atomic E-state index is 10.5. The van der Waals surface area contributed by atoms with Crippen molar-refractivity contribution in [1.82, 2.24) is 4.90 Å². The van der Waals surface area contributed by atoms with Crippen LogP contribution in [0.25, 0.3) is 0 Å². The van der Waals surface area contributed by atoms with Crippen molar-refractivity contribution >= 4 is 18.5 Å². The Labute approximate surface area is 73.8 Å². The minimum Gasteiger partial charge on any atom is -0.465 e. The van der Waals surface area contributed by atoms with E-state index in [-0.39, 0.29) is 24.5 Å². The van der Waals surface area contributed by atoms with Gasteiger partial charge in [-0.3, -0.25) is 0 Å². The molecule has 0 fully saturated rings. The molecule has 0 atom stereocenters. The van der Waals surface area contributed by atoms with E-state index in [1.807, 2.05) is 27.7 Å². The molecule has 68 valence electrons. The largest absolute Gasteiger partial charge is 0.465 e. The zero-order chi connectivity index (χ0) is 8.31. The Morgan fingerprint density at radius 1 is 1.18 bits per heavy atom. The summed E-state index contributed by atoms with van der Waals surface area (Å²) in [4.78, 5) is 11.9. The van der Waals surface area contributed by atoms with Crippen LogP contribution in [0.4, 0.5) is 4.79 Å². The molecule has 0 aliphatic carbocycles. The van der Waals surface area contributed by atoms with Crippen molar-refractivity contribution in [3.05, 3.63) is 0 Å². The van der Waals surface area contributed by atoms with Crippen LogP contribution < -0.4 is 0 Å². The standard InChI is InChI=1S/C7H15NO2.ClH/c1-5(2)8(6(3)4)7(9)10;/h5-6H,1-4H3,(H,9,10);1H. The molecule has 0 aromatic rings. The fraction of sp³-hybridized carbons (Fsp3) is 0.857. The van der Waals surface area contributed by atoms with Gasteiger partial charge in [0.25, 0.3) is 0 Å². The predicted molar refractivity (Wildman–Crippen MR) is 47.4 cm³/mol.